The molecular formula is C13H21ClN4O. The van der Waals surface area contributed by atoms with Gasteiger partial charge in [0.25, 0.3) is 0 Å². The Hall–Kier alpha value is -1.36. The van der Waals surface area contributed by atoms with Gasteiger partial charge in [-0.1, -0.05) is 25.4 Å². The normalized spacial score (nSPS) is 11.5. The molecule has 0 bridgehead atoms. The Morgan fingerprint density at radius 3 is 2.58 bits per heavy atom. The number of nitrogens with zero attached hydrogens (tertiary/aromatic N) is 2. The molecule has 106 valence electrons. The van der Waals surface area contributed by atoms with Crippen LogP contribution in [0.4, 0.5) is 5.82 Å². The molecular weight excluding hydrogens is 264 g/mol. The molecule has 0 aliphatic rings. The maximum atomic E-state index is 11.7. The average Bonchev–Trinajstić information content (AvgIpc) is 2.34. The zero-order valence-electron chi connectivity index (χ0n) is 12.0. The minimum atomic E-state index is -0.524. The fraction of sp³-hybridized carbons (Fsp3) is 0.615. The zero-order chi connectivity index (χ0) is 14.6. The van der Waals surface area contributed by atoms with Crippen molar-refractivity contribution < 1.29 is 4.79 Å². The molecule has 1 heterocycles. The van der Waals surface area contributed by atoms with Crippen molar-refractivity contribution in [1.29, 1.82) is 0 Å². The minimum absolute atomic E-state index is 0.0239. The van der Waals surface area contributed by atoms with Crippen molar-refractivity contribution >= 4 is 23.3 Å². The molecule has 1 rings (SSSR count). The molecule has 2 N–H and O–H groups in total. The zero-order valence-corrected chi connectivity index (χ0v) is 12.8. The van der Waals surface area contributed by atoms with Crippen LogP contribution in [0.15, 0.2) is 6.07 Å². The maximum Gasteiger partial charge on any atom is 0.227 e. The van der Waals surface area contributed by atoms with E-state index in [9.17, 15) is 4.79 Å². The number of hydrogen-bond donors (Lipinski definition) is 2. The van der Waals surface area contributed by atoms with Gasteiger partial charge in [0.05, 0.1) is 5.41 Å². The Balaban J connectivity index is 2.81. The molecule has 1 aromatic rings. The number of anilines is 1. The van der Waals surface area contributed by atoms with Crippen LogP contribution in [0.5, 0.6) is 0 Å². The van der Waals surface area contributed by atoms with Gasteiger partial charge < -0.3 is 10.6 Å². The number of hydrogen-bond acceptors (Lipinski definition) is 4. The van der Waals surface area contributed by atoms with Crippen LogP contribution in [0, 0.1) is 5.41 Å². The average molecular weight is 285 g/mol. The van der Waals surface area contributed by atoms with E-state index in [1.54, 1.807) is 13.1 Å². The van der Waals surface area contributed by atoms with E-state index in [0.717, 1.165) is 0 Å². The van der Waals surface area contributed by atoms with Gasteiger partial charge in [0.1, 0.15) is 16.8 Å². The summed E-state index contributed by atoms with van der Waals surface area (Å²) in [5.74, 6) is 1.50. The van der Waals surface area contributed by atoms with E-state index in [0.29, 0.717) is 23.3 Å². The van der Waals surface area contributed by atoms with Crippen LogP contribution in [0.25, 0.3) is 0 Å². The summed E-state index contributed by atoms with van der Waals surface area (Å²) < 4.78 is 0. The molecule has 1 amide bonds. The van der Waals surface area contributed by atoms with E-state index in [4.69, 9.17) is 11.6 Å². The van der Waals surface area contributed by atoms with Gasteiger partial charge in [-0.25, -0.2) is 9.97 Å². The SMILES string of the molecule is CNC(=O)C(C)(C)CNc1cc(Cl)nc(C(C)C)n1. The molecule has 0 saturated carbocycles. The molecule has 0 radical (unpaired) electrons. The highest BCUT2D eigenvalue weighted by atomic mass is 35.5. The van der Waals surface area contributed by atoms with Crippen LogP contribution in [-0.2, 0) is 4.79 Å². The molecule has 0 aliphatic heterocycles. The van der Waals surface area contributed by atoms with Gasteiger partial charge >= 0.3 is 0 Å². The molecule has 0 aromatic carbocycles. The topological polar surface area (TPSA) is 66.9 Å². The molecule has 0 aliphatic carbocycles. The Labute approximate surface area is 119 Å². The fourth-order valence-electron chi connectivity index (χ4n) is 1.51. The number of rotatable bonds is 5. The Kier molecular flexibility index (Phi) is 5.11. The van der Waals surface area contributed by atoms with E-state index in [1.165, 1.54) is 0 Å². The van der Waals surface area contributed by atoms with Crippen LogP contribution >= 0.6 is 11.6 Å². The summed E-state index contributed by atoms with van der Waals surface area (Å²) in [6.45, 7) is 8.21. The van der Waals surface area contributed by atoms with Crippen molar-refractivity contribution in [3.05, 3.63) is 17.0 Å². The summed E-state index contributed by atoms with van der Waals surface area (Å²) in [7, 11) is 1.63. The van der Waals surface area contributed by atoms with Gasteiger partial charge in [0, 0.05) is 25.6 Å². The molecule has 6 heteroatoms. The number of carbonyl (C=O) groups excluding carboxylic acids is 1. The van der Waals surface area contributed by atoms with E-state index in [-0.39, 0.29) is 11.8 Å². The molecule has 5 nitrogen and oxygen atoms in total. The summed E-state index contributed by atoms with van der Waals surface area (Å²) in [6, 6.07) is 1.66. The van der Waals surface area contributed by atoms with Crippen LogP contribution in [0.3, 0.4) is 0 Å². The van der Waals surface area contributed by atoms with Crippen LogP contribution in [0.2, 0.25) is 5.15 Å². The van der Waals surface area contributed by atoms with Crippen molar-refractivity contribution in [2.45, 2.75) is 33.6 Å². The molecule has 0 atom stereocenters. The summed E-state index contributed by atoms with van der Waals surface area (Å²) >= 11 is 5.96. The van der Waals surface area contributed by atoms with Crippen LogP contribution < -0.4 is 10.6 Å². The largest absolute Gasteiger partial charge is 0.369 e. The lowest BCUT2D eigenvalue weighted by molar-refractivity contribution is -0.128. The van der Waals surface area contributed by atoms with Crippen molar-refractivity contribution in [3.8, 4) is 0 Å². The van der Waals surface area contributed by atoms with Gasteiger partial charge in [-0.05, 0) is 13.8 Å². The summed E-state index contributed by atoms with van der Waals surface area (Å²) in [5.41, 5.74) is -0.524. The first kappa shape index (κ1) is 15.7. The monoisotopic (exact) mass is 284 g/mol. The minimum Gasteiger partial charge on any atom is -0.369 e. The fourth-order valence-corrected chi connectivity index (χ4v) is 1.70. The van der Waals surface area contributed by atoms with Gasteiger partial charge in [0.15, 0.2) is 0 Å². The standard InChI is InChI=1S/C13H21ClN4O/c1-8(2)11-17-9(14)6-10(18-11)16-7-13(3,4)12(19)15-5/h6,8H,7H2,1-5H3,(H,15,19)(H,16,17,18). The first-order chi connectivity index (χ1) is 8.76. The second-order valence-corrected chi connectivity index (χ2v) is 5.79. The smallest absolute Gasteiger partial charge is 0.227 e. The van der Waals surface area contributed by atoms with E-state index in [1.807, 2.05) is 27.7 Å². The van der Waals surface area contributed by atoms with E-state index < -0.39 is 5.41 Å². The van der Waals surface area contributed by atoms with Crippen molar-refractivity contribution in [1.82, 2.24) is 15.3 Å². The molecule has 1 aromatic heterocycles. The summed E-state index contributed by atoms with van der Waals surface area (Å²) in [4.78, 5) is 20.2. The van der Waals surface area contributed by atoms with Crippen LogP contribution in [0.1, 0.15) is 39.4 Å². The summed E-state index contributed by atoms with van der Waals surface area (Å²) in [6.07, 6.45) is 0. The molecule has 19 heavy (non-hydrogen) atoms. The molecule has 0 saturated heterocycles. The third-order valence-corrected chi connectivity index (χ3v) is 2.98. The predicted molar refractivity (Wildman–Crippen MR) is 77.5 cm³/mol. The lowest BCUT2D eigenvalue weighted by Crippen LogP contribution is -2.39. The predicted octanol–water partition coefficient (Wildman–Crippen LogP) is 2.44. The first-order valence-corrected chi connectivity index (χ1v) is 6.64. The third-order valence-electron chi connectivity index (χ3n) is 2.78. The third kappa shape index (κ3) is 4.35. The van der Waals surface area contributed by atoms with Crippen LogP contribution in [-0.4, -0.2) is 29.5 Å². The lowest BCUT2D eigenvalue weighted by Gasteiger charge is -2.23. The Morgan fingerprint density at radius 1 is 1.42 bits per heavy atom. The van der Waals surface area contributed by atoms with Gasteiger partial charge in [0.2, 0.25) is 5.91 Å². The highest BCUT2D eigenvalue weighted by molar-refractivity contribution is 6.29. The molecule has 0 fully saturated rings. The summed E-state index contributed by atoms with van der Waals surface area (Å²) in [5, 5.41) is 6.19. The molecule has 0 spiro atoms. The highest BCUT2D eigenvalue weighted by Crippen LogP contribution is 2.20. The highest BCUT2D eigenvalue weighted by Gasteiger charge is 2.26. The number of aromatic nitrogens is 2. The number of nitrogens with one attached hydrogen (secondary N) is 2. The number of carbonyl (C=O) groups is 1. The van der Waals surface area contributed by atoms with Gasteiger partial charge in [-0.3, -0.25) is 4.79 Å². The van der Waals surface area contributed by atoms with Gasteiger partial charge in [-0.2, -0.15) is 0 Å². The number of amides is 1. The Morgan fingerprint density at radius 2 is 2.05 bits per heavy atom. The van der Waals surface area contributed by atoms with E-state index >= 15 is 0 Å². The number of halogens is 1. The van der Waals surface area contributed by atoms with Gasteiger partial charge in [-0.15, -0.1) is 0 Å². The maximum absolute atomic E-state index is 11.7. The Bertz CT molecular complexity index is 460. The van der Waals surface area contributed by atoms with Crippen molar-refractivity contribution in [2.75, 3.05) is 18.9 Å². The van der Waals surface area contributed by atoms with E-state index in [2.05, 4.69) is 20.6 Å². The lowest BCUT2D eigenvalue weighted by atomic mass is 9.92. The van der Waals surface area contributed by atoms with Crippen molar-refractivity contribution in [3.63, 3.8) is 0 Å². The second-order valence-electron chi connectivity index (χ2n) is 5.41. The molecule has 0 unspecified atom stereocenters. The first-order valence-electron chi connectivity index (χ1n) is 6.27. The second kappa shape index (κ2) is 6.19. The van der Waals surface area contributed by atoms with Crippen molar-refractivity contribution in [2.24, 2.45) is 5.41 Å². The quantitative estimate of drug-likeness (QED) is 0.815.